The van der Waals surface area contributed by atoms with Crippen molar-refractivity contribution in [1.82, 2.24) is 4.90 Å². The zero-order valence-corrected chi connectivity index (χ0v) is 12.6. The summed E-state index contributed by atoms with van der Waals surface area (Å²) in [4.78, 5) is 14.2. The number of carbonyl (C=O) groups excluding carboxylic acids is 1. The molecule has 0 aromatic heterocycles. The predicted octanol–water partition coefficient (Wildman–Crippen LogP) is 0.386. The highest BCUT2D eigenvalue weighted by Crippen LogP contribution is 2.13. The normalized spacial score (nSPS) is 9.90. The molecule has 5 heteroatoms. The van der Waals surface area contributed by atoms with Crippen molar-refractivity contribution >= 4 is 5.91 Å². The first-order valence-corrected chi connectivity index (χ1v) is 6.82. The van der Waals surface area contributed by atoms with Gasteiger partial charge in [0, 0.05) is 25.8 Å². The largest absolute Gasteiger partial charge is 0.395 e. The minimum atomic E-state index is -0.164. The van der Waals surface area contributed by atoms with Gasteiger partial charge in [-0.2, -0.15) is 0 Å². The molecule has 1 amide bonds. The quantitative estimate of drug-likeness (QED) is 0.743. The standard InChI is InChI=1S/C16H22N2O3/c1-13-5-6-15(14(12-13)4-3-7-17)16(20)18(8-10-19)9-11-21-2/h5-6,12,19H,7-11,17H2,1-2H3. The third-order valence-corrected chi connectivity index (χ3v) is 2.95. The molecule has 0 aliphatic rings. The third kappa shape index (κ3) is 5.20. The van der Waals surface area contributed by atoms with Gasteiger partial charge in [-0.25, -0.2) is 0 Å². The van der Waals surface area contributed by atoms with Crippen LogP contribution in [0.4, 0.5) is 0 Å². The van der Waals surface area contributed by atoms with Crippen LogP contribution in [-0.4, -0.2) is 55.9 Å². The number of methoxy groups -OCH3 is 1. The molecular formula is C16H22N2O3. The molecule has 0 spiro atoms. The van der Waals surface area contributed by atoms with Crippen molar-refractivity contribution in [3.8, 4) is 11.8 Å². The maximum absolute atomic E-state index is 12.6. The van der Waals surface area contributed by atoms with Crippen LogP contribution in [-0.2, 0) is 4.74 Å². The first-order chi connectivity index (χ1) is 10.1. The number of hydrogen-bond donors (Lipinski definition) is 2. The molecule has 0 bridgehead atoms. The fourth-order valence-electron chi connectivity index (χ4n) is 1.90. The second kappa shape index (κ2) is 9.14. The molecule has 0 fully saturated rings. The second-order valence-corrected chi connectivity index (χ2v) is 4.56. The van der Waals surface area contributed by atoms with E-state index in [-0.39, 0.29) is 25.6 Å². The summed E-state index contributed by atoms with van der Waals surface area (Å²) in [6.45, 7) is 3.20. The van der Waals surface area contributed by atoms with Gasteiger partial charge in [0.25, 0.3) is 5.91 Å². The Labute approximate surface area is 125 Å². The summed E-state index contributed by atoms with van der Waals surface area (Å²) in [5.74, 6) is 5.54. The number of ether oxygens (including phenoxy) is 1. The van der Waals surface area contributed by atoms with Gasteiger partial charge in [-0.05, 0) is 24.6 Å². The van der Waals surface area contributed by atoms with Crippen LogP contribution in [0.1, 0.15) is 21.5 Å². The Morgan fingerprint density at radius 3 is 2.81 bits per heavy atom. The number of rotatable bonds is 6. The lowest BCUT2D eigenvalue weighted by atomic mass is 10.0. The van der Waals surface area contributed by atoms with Gasteiger partial charge < -0.3 is 20.5 Å². The number of aliphatic hydroxyl groups is 1. The monoisotopic (exact) mass is 290 g/mol. The molecule has 0 saturated carbocycles. The summed E-state index contributed by atoms with van der Waals surface area (Å²) in [5, 5.41) is 9.11. The Balaban J connectivity index is 3.08. The molecule has 0 unspecified atom stereocenters. The minimum absolute atomic E-state index is 0.0921. The number of carbonyl (C=O) groups is 1. The van der Waals surface area contributed by atoms with Crippen molar-refractivity contribution in [1.29, 1.82) is 0 Å². The van der Waals surface area contributed by atoms with Gasteiger partial charge in [-0.1, -0.05) is 17.9 Å². The van der Waals surface area contributed by atoms with Crippen LogP contribution >= 0.6 is 0 Å². The van der Waals surface area contributed by atoms with Crippen molar-refractivity contribution < 1.29 is 14.6 Å². The maximum atomic E-state index is 12.6. The van der Waals surface area contributed by atoms with E-state index in [1.807, 2.05) is 19.1 Å². The Kier molecular flexibility index (Phi) is 7.48. The number of nitrogens with zero attached hydrogens (tertiary/aromatic N) is 1. The molecule has 1 aromatic rings. The molecule has 5 nitrogen and oxygen atoms in total. The van der Waals surface area contributed by atoms with Crippen molar-refractivity contribution in [2.24, 2.45) is 5.73 Å². The lowest BCUT2D eigenvalue weighted by Crippen LogP contribution is -2.36. The molecule has 1 rings (SSSR count). The van der Waals surface area contributed by atoms with Crippen LogP contribution in [0.5, 0.6) is 0 Å². The lowest BCUT2D eigenvalue weighted by molar-refractivity contribution is 0.0656. The Hall–Kier alpha value is -1.87. The molecule has 3 N–H and O–H groups in total. The first kappa shape index (κ1) is 17.2. The van der Waals surface area contributed by atoms with Gasteiger partial charge in [0.15, 0.2) is 0 Å². The highest BCUT2D eigenvalue weighted by molar-refractivity contribution is 5.96. The van der Waals surface area contributed by atoms with Crippen LogP contribution in [0.2, 0.25) is 0 Å². The third-order valence-electron chi connectivity index (χ3n) is 2.95. The minimum Gasteiger partial charge on any atom is -0.395 e. The molecule has 0 saturated heterocycles. The van der Waals surface area contributed by atoms with E-state index < -0.39 is 0 Å². The number of hydrogen-bond acceptors (Lipinski definition) is 4. The molecule has 0 heterocycles. The maximum Gasteiger partial charge on any atom is 0.255 e. The van der Waals surface area contributed by atoms with Crippen molar-refractivity contribution in [2.45, 2.75) is 6.92 Å². The average Bonchev–Trinajstić information content (AvgIpc) is 2.48. The smallest absolute Gasteiger partial charge is 0.255 e. The molecule has 114 valence electrons. The Bertz CT molecular complexity index is 532. The van der Waals surface area contributed by atoms with Gasteiger partial charge in [-0.3, -0.25) is 4.79 Å². The highest BCUT2D eigenvalue weighted by Gasteiger charge is 2.17. The van der Waals surface area contributed by atoms with Crippen LogP contribution in [0.3, 0.4) is 0 Å². The van der Waals surface area contributed by atoms with E-state index in [4.69, 9.17) is 15.6 Å². The number of benzene rings is 1. The van der Waals surface area contributed by atoms with Gasteiger partial charge in [0.2, 0.25) is 0 Å². The van der Waals surface area contributed by atoms with E-state index in [9.17, 15) is 4.79 Å². The molecule has 0 radical (unpaired) electrons. The molecule has 21 heavy (non-hydrogen) atoms. The number of amides is 1. The molecule has 1 aromatic carbocycles. The van der Waals surface area contributed by atoms with Gasteiger partial charge in [0.1, 0.15) is 0 Å². The zero-order valence-electron chi connectivity index (χ0n) is 12.6. The zero-order chi connectivity index (χ0) is 15.7. The van der Waals surface area contributed by atoms with E-state index in [1.54, 1.807) is 18.1 Å². The van der Waals surface area contributed by atoms with E-state index in [0.717, 1.165) is 5.56 Å². The van der Waals surface area contributed by atoms with Crippen LogP contribution in [0.25, 0.3) is 0 Å². The molecular weight excluding hydrogens is 268 g/mol. The number of nitrogens with two attached hydrogens (primary N) is 1. The lowest BCUT2D eigenvalue weighted by Gasteiger charge is -2.22. The summed E-state index contributed by atoms with van der Waals surface area (Å²) in [6.07, 6.45) is 0. The summed E-state index contributed by atoms with van der Waals surface area (Å²) < 4.78 is 5.00. The first-order valence-electron chi connectivity index (χ1n) is 6.82. The second-order valence-electron chi connectivity index (χ2n) is 4.56. The van der Waals surface area contributed by atoms with E-state index in [0.29, 0.717) is 24.3 Å². The SMILES string of the molecule is COCCN(CCO)C(=O)c1ccc(C)cc1C#CCN. The molecule has 0 aliphatic heterocycles. The average molecular weight is 290 g/mol. The highest BCUT2D eigenvalue weighted by atomic mass is 16.5. The van der Waals surface area contributed by atoms with Crippen LogP contribution in [0.15, 0.2) is 18.2 Å². The fourth-order valence-corrected chi connectivity index (χ4v) is 1.90. The predicted molar refractivity (Wildman–Crippen MR) is 82.0 cm³/mol. The molecule has 0 aliphatic carbocycles. The van der Waals surface area contributed by atoms with Gasteiger partial charge in [-0.15, -0.1) is 0 Å². The van der Waals surface area contributed by atoms with Crippen molar-refractivity contribution in [3.63, 3.8) is 0 Å². The number of aryl methyl sites for hydroxylation is 1. The number of aliphatic hydroxyl groups excluding tert-OH is 1. The van der Waals surface area contributed by atoms with Crippen molar-refractivity contribution in [2.75, 3.05) is 40.0 Å². The summed E-state index contributed by atoms with van der Waals surface area (Å²) in [6, 6.07) is 5.49. The van der Waals surface area contributed by atoms with E-state index >= 15 is 0 Å². The summed E-state index contributed by atoms with van der Waals surface area (Å²) in [7, 11) is 1.58. The van der Waals surface area contributed by atoms with Gasteiger partial charge >= 0.3 is 0 Å². The van der Waals surface area contributed by atoms with Crippen LogP contribution < -0.4 is 5.73 Å². The summed E-state index contributed by atoms with van der Waals surface area (Å²) in [5.41, 5.74) is 7.60. The summed E-state index contributed by atoms with van der Waals surface area (Å²) >= 11 is 0. The van der Waals surface area contributed by atoms with Crippen molar-refractivity contribution in [3.05, 3.63) is 34.9 Å². The fraction of sp³-hybridized carbons (Fsp3) is 0.438. The Morgan fingerprint density at radius 2 is 2.19 bits per heavy atom. The Morgan fingerprint density at radius 1 is 1.43 bits per heavy atom. The van der Waals surface area contributed by atoms with E-state index in [1.165, 1.54) is 0 Å². The van der Waals surface area contributed by atoms with E-state index in [2.05, 4.69) is 11.8 Å². The topological polar surface area (TPSA) is 75.8 Å². The molecule has 0 atom stereocenters. The van der Waals surface area contributed by atoms with Crippen LogP contribution in [0, 0.1) is 18.8 Å². The van der Waals surface area contributed by atoms with Gasteiger partial charge in [0.05, 0.1) is 25.3 Å².